The molecule has 0 fully saturated rings. The van der Waals surface area contributed by atoms with Crippen molar-refractivity contribution in [3.8, 4) is 0 Å². The highest BCUT2D eigenvalue weighted by molar-refractivity contribution is 7.89. The molecule has 0 unspecified atom stereocenters. The predicted molar refractivity (Wildman–Crippen MR) is 74.8 cm³/mol. The molecule has 3 N–H and O–H groups in total. The number of nitrogens with one attached hydrogen (secondary N) is 1. The van der Waals surface area contributed by atoms with Gasteiger partial charge in [-0.1, -0.05) is 13.8 Å². The largest absolute Gasteiger partial charge is 0.399 e. The van der Waals surface area contributed by atoms with Crippen molar-refractivity contribution in [3.63, 3.8) is 0 Å². The lowest BCUT2D eigenvalue weighted by Gasteiger charge is -2.11. The Morgan fingerprint density at radius 2 is 2.00 bits per heavy atom. The molecule has 0 heterocycles. The smallest absolute Gasteiger partial charge is 0.241 e. The molecule has 0 radical (unpaired) electrons. The second-order valence-corrected chi connectivity index (χ2v) is 6.80. The van der Waals surface area contributed by atoms with Gasteiger partial charge in [-0.05, 0) is 37.8 Å². The van der Waals surface area contributed by atoms with Crippen molar-refractivity contribution in [3.05, 3.63) is 23.5 Å². The fraction of sp³-hybridized carbons (Fsp3) is 0.538. The zero-order valence-corrected chi connectivity index (χ0v) is 12.3. The molecule has 0 spiro atoms. The highest BCUT2D eigenvalue weighted by atomic mass is 32.2. The van der Waals surface area contributed by atoms with Crippen LogP contribution in [0.5, 0.6) is 0 Å². The second kappa shape index (κ2) is 6.34. The topological polar surface area (TPSA) is 72.2 Å². The fourth-order valence-electron chi connectivity index (χ4n) is 1.75. The minimum absolute atomic E-state index is 0.0884. The summed E-state index contributed by atoms with van der Waals surface area (Å²) in [6.45, 7) is 5.92. The number of rotatable bonds is 6. The number of anilines is 1. The number of benzene rings is 1. The Morgan fingerprint density at radius 1 is 1.37 bits per heavy atom. The molecule has 108 valence electrons. The molecule has 0 saturated heterocycles. The first-order valence-corrected chi connectivity index (χ1v) is 7.77. The van der Waals surface area contributed by atoms with Crippen LogP contribution in [-0.2, 0) is 10.0 Å². The van der Waals surface area contributed by atoms with Crippen molar-refractivity contribution in [2.75, 3.05) is 12.3 Å². The first-order chi connectivity index (χ1) is 8.74. The fourth-order valence-corrected chi connectivity index (χ4v) is 3.11. The van der Waals surface area contributed by atoms with Crippen molar-refractivity contribution < 1.29 is 12.8 Å². The lowest BCUT2D eigenvalue weighted by atomic mass is 10.1. The van der Waals surface area contributed by atoms with Gasteiger partial charge in [0.2, 0.25) is 10.0 Å². The molecule has 4 nitrogen and oxygen atoms in total. The molecule has 0 aromatic heterocycles. The molecule has 0 aliphatic rings. The van der Waals surface area contributed by atoms with Crippen molar-refractivity contribution in [1.82, 2.24) is 4.72 Å². The number of nitrogens with two attached hydrogens (primary N) is 1. The Kier molecular flexibility index (Phi) is 5.31. The average molecular weight is 288 g/mol. The first-order valence-electron chi connectivity index (χ1n) is 6.29. The van der Waals surface area contributed by atoms with Crippen LogP contribution in [-0.4, -0.2) is 15.0 Å². The molecule has 0 amide bonds. The van der Waals surface area contributed by atoms with Gasteiger partial charge in [-0.15, -0.1) is 0 Å². The molecule has 0 aliphatic carbocycles. The van der Waals surface area contributed by atoms with Crippen molar-refractivity contribution in [2.45, 2.75) is 38.5 Å². The maximum Gasteiger partial charge on any atom is 0.241 e. The maximum atomic E-state index is 13.5. The van der Waals surface area contributed by atoms with E-state index < -0.39 is 15.8 Å². The molecule has 0 bridgehead atoms. The Balaban J connectivity index is 2.83. The number of sulfonamides is 1. The Bertz CT molecular complexity index is 542. The van der Waals surface area contributed by atoms with Gasteiger partial charge in [0.1, 0.15) is 5.82 Å². The van der Waals surface area contributed by atoms with Crippen LogP contribution in [0.15, 0.2) is 17.0 Å². The lowest BCUT2D eigenvalue weighted by Crippen LogP contribution is -2.26. The van der Waals surface area contributed by atoms with E-state index in [4.69, 9.17) is 5.73 Å². The molecule has 0 saturated carbocycles. The monoisotopic (exact) mass is 288 g/mol. The third kappa shape index (κ3) is 4.47. The summed E-state index contributed by atoms with van der Waals surface area (Å²) >= 11 is 0. The summed E-state index contributed by atoms with van der Waals surface area (Å²) in [5.41, 5.74) is 5.68. The minimum Gasteiger partial charge on any atom is -0.399 e. The van der Waals surface area contributed by atoms with E-state index in [-0.39, 0.29) is 16.1 Å². The summed E-state index contributed by atoms with van der Waals surface area (Å²) in [6, 6.07) is 2.40. The standard InChI is InChI=1S/C13H21FN2O2S/c1-9(2)5-4-6-16-19(17,18)13-8-11(15)7-12(14)10(13)3/h7-9,16H,4-6,15H2,1-3H3. The van der Waals surface area contributed by atoms with E-state index in [9.17, 15) is 12.8 Å². The molecular formula is C13H21FN2O2S. The summed E-state index contributed by atoms with van der Waals surface area (Å²) in [6.07, 6.45) is 1.69. The SMILES string of the molecule is Cc1c(F)cc(N)cc1S(=O)(=O)NCCCC(C)C. The molecule has 6 heteroatoms. The van der Waals surface area contributed by atoms with Gasteiger partial charge in [0.05, 0.1) is 4.90 Å². The van der Waals surface area contributed by atoms with E-state index in [0.29, 0.717) is 12.5 Å². The zero-order valence-electron chi connectivity index (χ0n) is 11.5. The number of nitrogen functional groups attached to an aromatic ring is 1. The predicted octanol–water partition coefficient (Wildman–Crippen LogP) is 2.43. The van der Waals surface area contributed by atoms with Gasteiger partial charge in [-0.25, -0.2) is 17.5 Å². The molecule has 1 aromatic carbocycles. The van der Waals surface area contributed by atoms with E-state index >= 15 is 0 Å². The summed E-state index contributed by atoms with van der Waals surface area (Å²) in [5.74, 6) is -0.0846. The van der Waals surface area contributed by atoms with Crippen LogP contribution in [0.25, 0.3) is 0 Å². The van der Waals surface area contributed by atoms with Crippen molar-refractivity contribution >= 4 is 15.7 Å². The van der Waals surface area contributed by atoms with Crippen LogP contribution < -0.4 is 10.5 Å². The third-order valence-corrected chi connectivity index (χ3v) is 4.45. The number of halogens is 1. The van der Waals surface area contributed by atoms with Gasteiger partial charge in [-0.3, -0.25) is 0 Å². The molecular weight excluding hydrogens is 267 g/mol. The van der Waals surface area contributed by atoms with Gasteiger partial charge in [-0.2, -0.15) is 0 Å². The number of hydrogen-bond donors (Lipinski definition) is 2. The van der Waals surface area contributed by atoms with E-state index in [2.05, 4.69) is 18.6 Å². The van der Waals surface area contributed by atoms with Crippen LogP contribution in [0, 0.1) is 18.7 Å². The average Bonchev–Trinajstić information content (AvgIpc) is 2.29. The van der Waals surface area contributed by atoms with Crippen molar-refractivity contribution in [2.24, 2.45) is 5.92 Å². The molecule has 0 aliphatic heterocycles. The van der Waals surface area contributed by atoms with E-state index in [0.717, 1.165) is 18.9 Å². The van der Waals surface area contributed by atoms with Crippen LogP contribution in [0.3, 0.4) is 0 Å². The maximum absolute atomic E-state index is 13.5. The summed E-state index contributed by atoms with van der Waals surface area (Å²) in [5, 5.41) is 0. The lowest BCUT2D eigenvalue weighted by molar-refractivity contribution is 0.538. The summed E-state index contributed by atoms with van der Waals surface area (Å²) < 4.78 is 40.1. The highest BCUT2D eigenvalue weighted by Crippen LogP contribution is 2.21. The number of hydrogen-bond acceptors (Lipinski definition) is 3. The summed E-state index contributed by atoms with van der Waals surface area (Å²) in [4.78, 5) is -0.0884. The van der Waals surface area contributed by atoms with Gasteiger partial charge >= 0.3 is 0 Å². The quantitative estimate of drug-likeness (QED) is 0.624. The van der Waals surface area contributed by atoms with E-state index in [1.807, 2.05) is 0 Å². The van der Waals surface area contributed by atoms with Crippen LogP contribution >= 0.6 is 0 Å². The van der Waals surface area contributed by atoms with Crippen molar-refractivity contribution in [1.29, 1.82) is 0 Å². The van der Waals surface area contributed by atoms with Gasteiger partial charge in [0.25, 0.3) is 0 Å². The Labute approximate surface area is 114 Å². The van der Waals surface area contributed by atoms with Crippen LogP contribution in [0.1, 0.15) is 32.3 Å². The minimum atomic E-state index is -3.70. The molecule has 1 rings (SSSR count). The summed E-state index contributed by atoms with van der Waals surface area (Å²) in [7, 11) is -3.70. The first kappa shape index (κ1) is 15.9. The van der Waals surface area contributed by atoms with Gasteiger partial charge in [0.15, 0.2) is 0 Å². The molecule has 0 atom stereocenters. The van der Waals surface area contributed by atoms with Crippen LogP contribution in [0.2, 0.25) is 0 Å². The van der Waals surface area contributed by atoms with E-state index in [1.165, 1.54) is 13.0 Å². The van der Waals surface area contributed by atoms with Gasteiger partial charge < -0.3 is 5.73 Å². The highest BCUT2D eigenvalue weighted by Gasteiger charge is 2.19. The van der Waals surface area contributed by atoms with Gasteiger partial charge in [0, 0.05) is 17.8 Å². The molecule has 19 heavy (non-hydrogen) atoms. The third-order valence-electron chi connectivity index (χ3n) is 2.86. The Morgan fingerprint density at radius 3 is 2.58 bits per heavy atom. The second-order valence-electron chi connectivity index (χ2n) is 5.06. The Hall–Kier alpha value is -1.14. The van der Waals surface area contributed by atoms with Crippen LogP contribution in [0.4, 0.5) is 10.1 Å². The molecule has 1 aromatic rings. The normalized spacial score (nSPS) is 12.1. The van der Waals surface area contributed by atoms with E-state index in [1.54, 1.807) is 0 Å². The zero-order chi connectivity index (χ0) is 14.6.